The zero-order chi connectivity index (χ0) is 12.3. The van der Waals surface area contributed by atoms with Crippen LogP contribution in [0.5, 0.6) is 0 Å². The Bertz CT molecular complexity index is 409. The van der Waals surface area contributed by atoms with E-state index in [0.717, 1.165) is 23.0 Å². The number of halogens is 1. The summed E-state index contributed by atoms with van der Waals surface area (Å²) < 4.78 is 6.04. The van der Waals surface area contributed by atoms with Gasteiger partial charge in [-0.15, -0.1) is 0 Å². The molecule has 1 aliphatic rings. The zero-order valence-electron chi connectivity index (χ0n) is 9.43. The molecule has 2 N–H and O–H groups in total. The smallest absolute Gasteiger partial charge is 0.414 e. The number of hydrogen-bond acceptors (Lipinski definition) is 3. The molecule has 0 aromatic heterocycles. The molecule has 1 aromatic carbocycles. The van der Waals surface area contributed by atoms with Crippen LogP contribution in [0.3, 0.4) is 0 Å². The highest BCUT2D eigenvalue weighted by Gasteiger charge is 2.30. The van der Waals surface area contributed by atoms with Gasteiger partial charge in [0.1, 0.15) is 0 Å². The Labute approximate surface area is 109 Å². The Balaban J connectivity index is 2.27. The number of anilines is 1. The summed E-state index contributed by atoms with van der Waals surface area (Å²) in [4.78, 5) is 13.5. The van der Waals surface area contributed by atoms with Crippen LogP contribution in [0.15, 0.2) is 28.7 Å². The molecule has 1 aliphatic heterocycles. The maximum absolute atomic E-state index is 11.8. The van der Waals surface area contributed by atoms with Crippen LogP contribution in [0, 0.1) is 0 Å². The van der Waals surface area contributed by atoms with E-state index in [9.17, 15) is 4.79 Å². The van der Waals surface area contributed by atoms with Gasteiger partial charge in [-0.1, -0.05) is 22.0 Å². The quantitative estimate of drug-likeness (QED) is 0.933. The summed E-state index contributed by atoms with van der Waals surface area (Å²) in [5, 5.41) is 0. The Morgan fingerprint density at radius 2 is 2.35 bits per heavy atom. The molecule has 0 aliphatic carbocycles. The summed E-state index contributed by atoms with van der Waals surface area (Å²) in [7, 11) is 0. The number of cyclic esters (lactones) is 1. The standard InChI is InChI=1S/C12H15BrN2O2/c13-9-2-1-3-11(8-9)15-10(4-6-14)5-7-17-12(15)16/h1-3,8,10H,4-7,14H2. The fourth-order valence-electron chi connectivity index (χ4n) is 2.04. The SMILES string of the molecule is NCCC1CCOC(=O)N1c1cccc(Br)c1. The van der Waals surface area contributed by atoms with Crippen molar-refractivity contribution in [1.29, 1.82) is 0 Å². The third-order valence-corrected chi connectivity index (χ3v) is 3.32. The fraction of sp³-hybridized carbons (Fsp3) is 0.417. The number of ether oxygens (including phenoxy) is 1. The zero-order valence-corrected chi connectivity index (χ0v) is 11.0. The van der Waals surface area contributed by atoms with Gasteiger partial charge in [0.2, 0.25) is 0 Å². The number of hydrogen-bond donors (Lipinski definition) is 1. The number of carbonyl (C=O) groups excluding carboxylic acids is 1. The molecule has 1 heterocycles. The molecule has 92 valence electrons. The summed E-state index contributed by atoms with van der Waals surface area (Å²) in [5.74, 6) is 0. The van der Waals surface area contributed by atoms with Crippen molar-refractivity contribution in [2.75, 3.05) is 18.1 Å². The predicted molar refractivity (Wildman–Crippen MR) is 70.0 cm³/mol. The first-order valence-corrected chi connectivity index (χ1v) is 6.43. The lowest BCUT2D eigenvalue weighted by Gasteiger charge is -2.34. The molecule has 2 rings (SSSR count). The number of carbonyl (C=O) groups is 1. The van der Waals surface area contributed by atoms with E-state index in [0.29, 0.717) is 13.2 Å². The Morgan fingerprint density at radius 1 is 1.53 bits per heavy atom. The molecule has 0 radical (unpaired) electrons. The van der Waals surface area contributed by atoms with Crippen LogP contribution in [0.25, 0.3) is 0 Å². The first-order valence-electron chi connectivity index (χ1n) is 5.64. The van der Waals surface area contributed by atoms with Crippen molar-refractivity contribution in [1.82, 2.24) is 0 Å². The lowest BCUT2D eigenvalue weighted by molar-refractivity contribution is 0.128. The van der Waals surface area contributed by atoms with Gasteiger partial charge in [-0.3, -0.25) is 4.90 Å². The molecule has 4 nitrogen and oxygen atoms in total. The van der Waals surface area contributed by atoms with E-state index in [2.05, 4.69) is 15.9 Å². The molecular formula is C12H15BrN2O2. The van der Waals surface area contributed by atoms with Crippen molar-refractivity contribution in [3.05, 3.63) is 28.7 Å². The Morgan fingerprint density at radius 3 is 3.06 bits per heavy atom. The first kappa shape index (κ1) is 12.4. The van der Waals surface area contributed by atoms with E-state index < -0.39 is 0 Å². The van der Waals surface area contributed by atoms with E-state index in [-0.39, 0.29) is 12.1 Å². The van der Waals surface area contributed by atoms with Crippen LogP contribution in [-0.4, -0.2) is 25.3 Å². The minimum absolute atomic E-state index is 0.135. The third kappa shape index (κ3) is 2.79. The van der Waals surface area contributed by atoms with Crippen LogP contribution in [0.1, 0.15) is 12.8 Å². The lowest BCUT2D eigenvalue weighted by Crippen LogP contribution is -2.46. The van der Waals surface area contributed by atoms with Gasteiger partial charge in [-0.05, 0) is 31.2 Å². The number of nitrogens with two attached hydrogens (primary N) is 1. The van der Waals surface area contributed by atoms with Crippen molar-refractivity contribution in [2.45, 2.75) is 18.9 Å². The summed E-state index contributed by atoms with van der Waals surface area (Å²) in [5.41, 5.74) is 6.44. The van der Waals surface area contributed by atoms with Crippen molar-refractivity contribution in [3.8, 4) is 0 Å². The Kier molecular flexibility index (Phi) is 4.02. The molecule has 0 spiro atoms. The molecule has 1 amide bonds. The van der Waals surface area contributed by atoms with Crippen LogP contribution in [0.2, 0.25) is 0 Å². The maximum Gasteiger partial charge on any atom is 0.414 e. The van der Waals surface area contributed by atoms with Gasteiger partial charge in [-0.2, -0.15) is 0 Å². The van der Waals surface area contributed by atoms with Gasteiger partial charge in [0.15, 0.2) is 0 Å². The van der Waals surface area contributed by atoms with Crippen LogP contribution >= 0.6 is 15.9 Å². The number of amides is 1. The number of rotatable bonds is 3. The second-order valence-corrected chi connectivity index (χ2v) is 4.90. The molecule has 5 heteroatoms. The van der Waals surface area contributed by atoms with Gasteiger partial charge >= 0.3 is 6.09 Å². The largest absolute Gasteiger partial charge is 0.449 e. The van der Waals surface area contributed by atoms with E-state index in [1.807, 2.05) is 24.3 Å². The molecule has 17 heavy (non-hydrogen) atoms. The average molecular weight is 299 g/mol. The third-order valence-electron chi connectivity index (χ3n) is 2.82. The van der Waals surface area contributed by atoms with E-state index >= 15 is 0 Å². The normalized spacial score (nSPS) is 20.2. The highest BCUT2D eigenvalue weighted by Crippen LogP contribution is 2.27. The summed E-state index contributed by atoms with van der Waals surface area (Å²) in [6.07, 6.45) is 1.34. The molecule has 1 unspecified atom stereocenters. The van der Waals surface area contributed by atoms with Gasteiger partial charge in [0, 0.05) is 22.6 Å². The minimum atomic E-state index is -0.284. The monoisotopic (exact) mass is 298 g/mol. The maximum atomic E-state index is 11.8. The van der Waals surface area contributed by atoms with Gasteiger partial charge < -0.3 is 10.5 Å². The second-order valence-electron chi connectivity index (χ2n) is 3.98. The molecule has 1 saturated heterocycles. The molecular weight excluding hydrogens is 284 g/mol. The lowest BCUT2D eigenvalue weighted by atomic mass is 10.1. The van der Waals surface area contributed by atoms with Crippen LogP contribution in [-0.2, 0) is 4.74 Å². The van der Waals surface area contributed by atoms with E-state index in [4.69, 9.17) is 10.5 Å². The van der Waals surface area contributed by atoms with Gasteiger partial charge in [0.25, 0.3) is 0 Å². The Hall–Kier alpha value is -1.07. The minimum Gasteiger partial charge on any atom is -0.449 e. The fourth-order valence-corrected chi connectivity index (χ4v) is 2.43. The molecule has 1 atom stereocenters. The van der Waals surface area contributed by atoms with Crippen molar-refractivity contribution in [3.63, 3.8) is 0 Å². The summed E-state index contributed by atoms with van der Waals surface area (Å²) >= 11 is 3.40. The van der Waals surface area contributed by atoms with Crippen LogP contribution in [0.4, 0.5) is 10.5 Å². The van der Waals surface area contributed by atoms with Gasteiger partial charge in [-0.25, -0.2) is 4.79 Å². The van der Waals surface area contributed by atoms with Crippen molar-refractivity contribution < 1.29 is 9.53 Å². The predicted octanol–water partition coefficient (Wildman–Crippen LogP) is 2.51. The summed E-state index contributed by atoms with van der Waals surface area (Å²) in [6.45, 7) is 1.05. The highest BCUT2D eigenvalue weighted by atomic mass is 79.9. The summed E-state index contributed by atoms with van der Waals surface area (Å²) in [6, 6.07) is 7.78. The number of nitrogens with zero attached hydrogens (tertiary/aromatic N) is 1. The highest BCUT2D eigenvalue weighted by molar-refractivity contribution is 9.10. The number of benzene rings is 1. The average Bonchev–Trinajstić information content (AvgIpc) is 2.29. The molecule has 0 bridgehead atoms. The van der Waals surface area contributed by atoms with Crippen LogP contribution < -0.4 is 10.6 Å². The topological polar surface area (TPSA) is 55.6 Å². The molecule has 1 fully saturated rings. The van der Waals surface area contributed by atoms with E-state index in [1.54, 1.807) is 4.90 Å². The second kappa shape index (κ2) is 5.51. The van der Waals surface area contributed by atoms with Gasteiger partial charge in [0.05, 0.1) is 6.61 Å². The molecule has 0 saturated carbocycles. The van der Waals surface area contributed by atoms with Crippen molar-refractivity contribution in [2.24, 2.45) is 5.73 Å². The molecule has 1 aromatic rings. The van der Waals surface area contributed by atoms with Crippen molar-refractivity contribution >= 4 is 27.7 Å². The first-order chi connectivity index (χ1) is 8.22. The van der Waals surface area contributed by atoms with E-state index in [1.165, 1.54) is 0 Å².